The van der Waals surface area contributed by atoms with Crippen LogP contribution in [0.4, 0.5) is 0 Å². The molecule has 0 atom stereocenters. The molecule has 3 rings (SSSR count). The van der Waals surface area contributed by atoms with Gasteiger partial charge in [-0.25, -0.2) is 13.2 Å². The van der Waals surface area contributed by atoms with Crippen molar-refractivity contribution in [3.63, 3.8) is 0 Å². The van der Waals surface area contributed by atoms with Gasteiger partial charge in [0.1, 0.15) is 0 Å². The monoisotopic (exact) mass is 343 g/mol. The van der Waals surface area contributed by atoms with Crippen LogP contribution in [0.3, 0.4) is 0 Å². The van der Waals surface area contributed by atoms with Crippen LogP contribution < -0.4 is 11.2 Å². The quantitative estimate of drug-likeness (QED) is 0.764. The van der Waals surface area contributed by atoms with E-state index in [2.05, 4.69) is 9.97 Å². The number of hydrogen-bond donors (Lipinski definition) is 1. The Labute approximate surface area is 137 Å². The summed E-state index contributed by atoms with van der Waals surface area (Å²) in [6.07, 6.45) is 2.66. The summed E-state index contributed by atoms with van der Waals surface area (Å²) >= 11 is 0. The van der Waals surface area contributed by atoms with Crippen molar-refractivity contribution in [3.05, 3.63) is 75.6 Å². The SMILES string of the molecule is CS(=O)(=O)c1ccc(-n2c(-c3ccccn3)cc(=O)[nH]c2=O)cc1. The number of sulfone groups is 1. The molecule has 2 heterocycles. The number of nitrogens with zero attached hydrogens (tertiary/aromatic N) is 2. The lowest BCUT2D eigenvalue weighted by atomic mass is 10.2. The Bertz CT molecular complexity index is 1100. The number of rotatable bonds is 3. The molecule has 0 aliphatic carbocycles. The van der Waals surface area contributed by atoms with Gasteiger partial charge >= 0.3 is 5.69 Å². The van der Waals surface area contributed by atoms with Crippen molar-refractivity contribution < 1.29 is 8.42 Å². The lowest BCUT2D eigenvalue weighted by molar-refractivity contribution is 0.602. The van der Waals surface area contributed by atoms with Crippen molar-refractivity contribution in [1.82, 2.24) is 14.5 Å². The number of hydrogen-bond acceptors (Lipinski definition) is 5. The molecule has 24 heavy (non-hydrogen) atoms. The number of aromatic nitrogens is 3. The van der Waals surface area contributed by atoms with Crippen LogP contribution in [0.2, 0.25) is 0 Å². The fourth-order valence-corrected chi connectivity index (χ4v) is 2.93. The molecule has 0 saturated heterocycles. The summed E-state index contributed by atoms with van der Waals surface area (Å²) < 4.78 is 24.4. The van der Waals surface area contributed by atoms with Crippen LogP contribution in [0, 0.1) is 0 Å². The van der Waals surface area contributed by atoms with Crippen molar-refractivity contribution in [3.8, 4) is 17.1 Å². The fourth-order valence-electron chi connectivity index (χ4n) is 2.30. The first-order chi connectivity index (χ1) is 11.4. The van der Waals surface area contributed by atoms with Crippen LogP contribution in [0.5, 0.6) is 0 Å². The van der Waals surface area contributed by atoms with Gasteiger partial charge in [0.25, 0.3) is 5.56 Å². The molecule has 1 aromatic carbocycles. The second-order valence-corrected chi connectivity index (χ2v) is 7.16. The fraction of sp³-hybridized carbons (Fsp3) is 0.0625. The van der Waals surface area contributed by atoms with E-state index in [9.17, 15) is 18.0 Å². The summed E-state index contributed by atoms with van der Waals surface area (Å²) in [5.41, 5.74) is 0.0218. The number of aromatic amines is 1. The maximum absolute atomic E-state index is 12.3. The number of H-pyrrole nitrogens is 1. The average Bonchev–Trinajstić information content (AvgIpc) is 2.54. The topological polar surface area (TPSA) is 102 Å². The van der Waals surface area contributed by atoms with Gasteiger partial charge in [0, 0.05) is 18.5 Å². The van der Waals surface area contributed by atoms with E-state index in [4.69, 9.17) is 0 Å². The molecule has 0 aliphatic heterocycles. The Kier molecular flexibility index (Phi) is 3.90. The Balaban J connectivity index is 2.25. The minimum absolute atomic E-state index is 0.142. The zero-order valence-electron chi connectivity index (χ0n) is 12.6. The van der Waals surface area contributed by atoms with Crippen molar-refractivity contribution in [2.24, 2.45) is 0 Å². The van der Waals surface area contributed by atoms with Gasteiger partial charge in [-0.05, 0) is 36.4 Å². The zero-order chi connectivity index (χ0) is 17.3. The van der Waals surface area contributed by atoms with Gasteiger partial charge in [-0.1, -0.05) is 6.07 Å². The predicted octanol–water partition coefficient (Wildman–Crippen LogP) is 0.991. The van der Waals surface area contributed by atoms with Gasteiger partial charge in [0.05, 0.1) is 22.0 Å². The molecule has 1 N–H and O–H groups in total. The normalized spacial score (nSPS) is 11.4. The molecule has 8 heteroatoms. The van der Waals surface area contributed by atoms with Crippen LogP contribution in [-0.4, -0.2) is 29.2 Å². The van der Waals surface area contributed by atoms with Crippen molar-refractivity contribution in [2.45, 2.75) is 4.90 Å². The zero-order valence-corrected chi connectivity index (χ0v) is 13.4. The summed E-state index contributed by atoms with van der Waals surface area (Å²) in [4.78, 5) is 30.5. The maximum Gasteiger partial charge on any atom is 0.333 e. The molecule has 0 radical (unpaired) electrons. The Morgan fingerprint density at radius 3 is 2.33 bits per heavy atom. The van der Waals surface area contributed by atoms with Gasteiger partial charge in [-0.3, -0.25) is 19.3 Å². The lowest BCUT2D eigenvalue weighted by Gasteiger charge is -2.12. The van der Waals surface area contributed by atoms with E-state index in [1.165, 1.54) is 34.9 Å². The standard InChI is InChI=1S/C16H13N3O4S/c1-24(22,23)12-7-5-11(6-8-12)19-14(10-15(20)18-16(19)21)13-4-2-3-9-17-13/h2-10H,1H3,(H,18,20,21). The smallest absolute Gasteiger partial charge is 0.274 e. The maximum atomic E-state index is 12.3. The lowest BCUT2D eigenvalue weighted by Crippen LogP contribution is -2.29. The molecule has 122 valence electrons. The molecule has 0 bridgehead atoms. The first-order valence-corrected chi connectivity index (χ1v) is 8.84. The van der Waals surface area contributed by atoms with E-state index in [1.807, 2.05) is 0 Å². The molecular weight excluding hydrogens is 330 g/mol. The second-order valence-electron chi connectivity index (χ2n) is 5.14. The van der Waals surface area contributed by atoms with Crippen LogP contribution >= 0.6 is 0 Å². The predicted molar refractivity (Wildman–Crippen MR) is 89.0 cm³/mol. The van der Waals surface area contributed by atoms with Crippen LogP contribution in [0.15, 0.2) is 69.2 Å². The minimum Gasteiger partial charge on any atom is -0.274 e. The summed E-state index contributed by atoms with van der Waals surface area (Å²) in [6, 6.07) is 12.2. The van der Waals surface area contributed by atoms with Crippen molar-refractivity contribution in [1.29, 1.82) is 0 Å². The Hall–Kier alpha value is -3.00. The third-order valence-electron chi connectivity index (χ3n) is 3.39. The summed E-state index contributed by atoms with van der Waals surface area (Å²) in [6.45, 7) is 0. The number of pyridine rings is 1. The number of nitrogens with one attached hydrogen (secondary N) is 1. The van der Waals surface area contributed by atoms with E-state index < -0.39 is 21.1 Å². The van der Waals surface area contributed by atoms with E-state index in [0.29, 0.717) is 17.1 Å². The summed E-state index contributed by atoms with van der Waals surface area (Å²) in [5.74, 6) is 0. The molecule has 0 saturated carbocycles. The van der Waals surface area contributed by atoms with Crippen molar-refractivity contribution >= 4 is 9.84 Å². The van der Waals surface area contributed by atoms with Crippen molar-refractivity contribution in [2.75, 3.05) is 6.26 Å². The molecule has 0 unspecified atom stereocenters. The molecule has 2 aromatic heterocycles. The highest BCUT2D eigenvalue weighted by Crippen LogP contribution is 2.19. The van der Waals surface area contributed by atoms with Gasteiger partial charge in [0.2, 0.25) is 0 Å². The third-order valence-corrected chi connectivity index (χ3v) is 4.52. The minimum atomic E-state index is -3.34. The molecule has 7 nitrogen and oxygen atoms in total. The number of benzene rings is 1. The molecule has 0 amide bonds. The van der Waals surface area contributed by atoms with E-state index in [-0.39, 0.29) is 4.90 Å². The summed E-state index contributed by atoms with van der Waals surface area (Å²) in [5, 5.41) is 0. The average molecular weight is 343 g/mol. The van der Waals surface area contributed by atoms with Crippen LogP contribution in [0.25, 0.3) is 17.1 Å². The van der Waals surface area contributed by atoms with E-state index in [0.717, 1.165) is 6.26 Å². The Morgan fingerprint density at radius 2 is 1.75 bits per heavy atom. The van der Waals surface area contributed by atoms with Crippen LogP contribution in [-0.2, 0) is 9.84 Å². The first kappa shape index (κ1) is 15.9. The highest BCUT2D eigenvalue weighted by molar-refractivity contribution is 7.90. The van der Waals surface area contributed by atoms with Gasteiger partial charge in [-0.2, -0.15) is 0 Å². The molecule has 3 aromatic rings. The molecular formula is C16H13N3O4S. The highest BCUT2D eigenvalue weighted by atomic mass is 32.2. The van der Waals surface area contributed by atoms with Crippen LogP contribution in [0.1, 0.15) is 0 Å². The largest absolute Gasteiger partial charge is 0.333 e. The van der Waals surface area contributed by atoms with Gasteiger partial charge < -0.3 is 0 Å². The first-order valence-electron chi connectivity index (χ1n) is 6.94. The molecule has 0 fully saturated rings. The van der Waals surface area contributed by atoms with Gasteiger partial charge in [-0.15, -0.1) is 0 Å². The Morgan fingerprint density at radius 1 is 1.04 bits per heavy atom. The molecule has 0 spiro atoms. The highest BCUT2D eigenvalue weighted by Gasteiger charge is 2.13. The molecule has 0 aliphatic rings. The summed E-state index contributed by atoms with van der Waals surface area (Å²) in [7, 11) is -3.34. The van der Waals surface area contributed by atoms with Gasteiger partial charge in [0.15, 0.2) is 9.84 Å². The van der Waals surface area contributed by atoms with E-state index in [1.54, 1.807) is 24.4 Å². The second kappa shape index (κ2) is 5.89. The van der Waals surface area contributed by atoms with E-state index >= 15 is 0 Å². The third kappa shape index (κ3) is 3.04.